The van der Waals surface area contributed by atoms with Gasteiger partial charge < -0.3 is 0 Å². The SMILES string of the molecule is Cc1cc(CBr)cnc1-n1ccnc1. The molecule has 4 heteroatoms. The molecule has 0 N–H and O–H groups in total. The van der Waals surface area contributed by atoms with Crippen molar-refractivity contribution < 1.29 is 0 Å². The van der Waals surface area contributed by atoms with Gasteiger partial charge in [-0.3, -0.25) is 4.57 Å². The Labute approximate surface area is 90.9 Å². The summed E-state index contributed by atoms with van der Waals surface area (Å²) in [4.78, 5) is 8.38. The van der Waals surface area contributed by atoms with Gasteiger partial charge >= 0.3 is 0 Å². The number of alkyl halides is 1. The summed E-state index contributed by atoms with van der Waals surface area (Å²) in [6, 6.07) is 2.12. The van der Waals surface area contributed by atoms with Crippen LogP contribution in [0.25, 0.3) is 5.82 Å². The summed E-state index contributed by atoms with van der Waals surface area (Å²) < 4.78 is 1.91. The Bertz CT molecular complexity index is 423. The van der Waals surface area contributed by atoms with E-state index in [1.165, 1.54) is 5.56 Å². The summed E-state index contributed by atoms with van der Waals surface area (Å²) in [6.07, 6.45) is 7.27. The van der Waals surface area contributed by atoms with Gasteiger partial charge in [0.25, 0.3) is 0 Å². The van der Waals surface area contributed by atoms with Crippen molar-refractivity contribution in [1.82, 2.24) is 14.5 Å². The van der Waals surface area contributed by atoms with Crippen molar-refractivity contribution >= 4 is 15.9 Å². The van der Waals surface area contributed by atoms with Crippen LogP contribution < -0.4 is 0 Å². The van der Waals surface area contributed by atoms with E-state index in [1.807, 2.05) is 17.0 Å². The third-order valence-electron chi connectivity index (χ3n) is 2.01. The number of halogens is 1. The van der Waals surface area contributed by atoms with Crippen LogP contribution in [0.5, 0.6) is 0 Å². The second-order valence-corrected chi connectivity index (χ2v) is 3.65. The van der Waals surface area contributed by atoms with Gasteiger partial charge in [-0.1, -0.05) is 22.0 Å². The van der Waals surface area contributed by atoms with Gasteiger partial charge in [-0.25, -0.2) is 9.97 Å². The number of imidazole rings is 1. The van der Waals surface area contributed by atoms with Crippen LogP contribution in [0.3, 0.4) is 0 Å². The summed E-state index contributed by atoms with van der Waals surface area (Å²) >= 11 is 3.41. The molecule has 0 amide bonds. The van der Waals surface area contributed by atoms with Gasteiger partial charge in [0.2, 0.25) is 0 Å². The molecule has 0 saturated heterocycles. The highest BCUT2D eigenvalue weighted by molar-refractivity contribution is 9.08. The molecule has 2 rings (SSSR count). The monoisotopic (exact) mass is 251 g/mol. The summed E-state index contributed by atoms with van der Waals surface area (Å²) in [5.74, 6) is 0.937. The first-order valence-electron chi connectivity index (χ1n) is 4.31. The van der Waals surface area contributed by atoms with E-state index >= 15 is 0 Å². The molecule has 0 fully saturated rings. The Morgan fingerprint density at radius 1 is 1.50 bits per heavy atom. The molecule has 3 nitrogen and oxygen atoms in total. The third kappa shape index (κ3) is 1.70. The number of aryl methyl sites for hydroxylation is 1. The first-order chi connectivity index (χ1) is 6.81. The van der Waals surface area contributed by atoms with Gasteiger partial charge in [0.1, 0.15) is 12.1 Å². The molecule has 2 aromatic rings. The van der Waals surface area contributed by atoms with Crippen molar-refractivity contribution in [2.45, 2.75) is 12.3 Å². The van der Waals surface area contributed by atoms with E-state index in [2.05, 4.69) is 38.9 Å². The molecule has 0 radical (unpaired) electrons. The zero-order valence-corrected chi connectivity index (χ0v) is 9.40. The van der Waals surface area contributed by atoms with E-state index < -0.39 is 0 Å². The summed E-state index contributed by atoms with van der Waals surface area (Å²) in [7, 11) is 0. The lowest BCUT2D eigenvalue weighted by molar-refractivity contribution is 0.969. The van der Waals surface area contributed by atoms with Gasteiger partial charge in [0.15, 0.2) is 0 Å². The van der Waals surface area contributed by atoms with Crippen molar-refractivity contribution in [3.63, 3.8) is 0 Å². The van der Waals surface area contributed by atoms with E-state index in [9.17, 15) is 0 Å². The second-order valence-electron chi connectivity index (χ2n) is 3.09. The van der Waals surface area contributed by atoms with E-state index in [-0.39, 0.29) is 0 Å². The molecule has 0 aliphatic rings. The van der Waals surface area contributed by atoms with Gasteiger partial charge in [0.05, 0.1) is 0 Å². The van der Waals surface area contributed by atoms with Gasteiger partial charge in [-0.2, -0.15) is 0 Å². The highest BCUT2D eigenvalue weighted by atomic mass is 79.9. The number of nitrogens with zero attached hydrogens (tertiary/aromatic N) is 3. The average Bonchev–Trinajstić information content (AvgIpc) is 2.70. The van der Waals surface area contributed by atoms with Crippen molar-refractivity contribution in [2.24, 2.45) is 0 Å². The molecule has 0 aromatic carbocycles. The summed E-state index contributed by atoms with van der Waals surface area (Å²) in [6.45, 7) is 2.05. The number of hydrogen-bond acceptors (Lipinski definition) is 2. The Morgan fingerprint density at radius 2 is 2.36 bits per heavy atom. The predicted octanol–water partition coefficient (Wildman–Crippen LogP) is 2.47. The minimum Gasteiger partial charge on any atom is -0.290 e. The topological polar surface area (TPSA) is 30.7 Å². The minimum atomic E-state index is 0.838. The zero-order valence-electron chi connectivity index (χ0n) is 7.81. The fraction of sp³-hybridized carbons (Fsp3) is 0.200. The Hall–Kier alpha value is -1.16. The molecule has 72 valence electrons. The molecule has 0 aliphatic carbocycles. The predicted molar refractivity (Wildman–Crippen MR) is 58.7 cm³/mol. The fourth-order valence-electron chi connectivity index (χ4n) is 1.35. The molecule has 0 bridgehead atoms. The number of hydrogen-bond donors (Lipinski definition) is 0. The molecule has 2 aromatic heterocycles. The van der Waals surface area contributed by atoms with Crippen LogP contribution >= 0.6 is 15.9 Å². The molecule has 0 spiro atoms. The lowest BCUT2D eigenvalue weighted by Gasteiger charge is -2.06. The molecule has 0 saturated carbocycles. The van der Waals surface area contributed by atoms with Crippen molar-refractivity contribution in [3.8, 4) is 5.82 Å². The maximum Gasteiger partial charge on any atom is 0.140 e. The van der Waals surface area contributed by atoms with Crippen molar-refractivity contribution in [3.05, 3.63) is 42.1 Å². The largest absolute Gasteiger partial charge is 0.290 e. The standard InChI is InChI=1S/C10H10BrN3/c1-8-4-9(5-11)6-13-10(8)14-3-2-12-7-14/h2-4,6-7H,5H2,1H3. The smallest absolute Gasteiger partial charge is 0.140 e. The van der Waals surface area contributed by atoms with E-state index in [0.29, 0.717) is 0 Å². The highest BCUT2D eigenvalue weighted by Crippen LogP contribution is 2.13. The molecule has 0 unspecified atom stereocenters. The maximum absolute atomic E-state index is 4.38. The summed E-state index contributed by atoms with van der Waals surface area (Å²) in [5, 5.41) is 0.838. The second kappa shape index (κ2) is 3.92. The van der Waals surface area contributed by atoms with Crippen LogP contribution in [0.2, 0.25) is 0 Å². The van der Waals surface area contributed by atoms with Crippen molar-refractivity contribution in [2.75, 3.05) is 0 Å². The first kappa shape index (κ1) is 9.40. The maximum atomic E-state index is 4.38. The average molecular weight is 252 g/mol. The Balaban J connectivity index is 2.46. The molecule has 0 aliphatic heterocycles. The van der Waals surface area contributed by atoms with Crippen LogP contribution in [-0.4, -0.2) is 14.5 Å². The van der Waals surface area contributed by atoms with Crippen molar-refractivity contribution in [1.29, 1.82) is 0 Å². The Kier molecular flexibility index (Phi) is 2.63. The van der Waals surface area contributed by atoms with Crippen LogP contribution in [0.1, 0.15) is 11.1 Å². The Morgan fingerprint density at radius 3 is 2.93 bits per heavy atom. The first-order valence-corrected chi connectivity index (χ1v) is 5.43. The minimum absolute atomic E-state index is 0.838. The van der Waals surface area contributed by atoms with Crippen LogP contribution in [0.15, 0.2) is 31.0 Å². The number of pyridine rings is 1. The highest BCUT2D eigenvalue weighted by Gasteiger charge is 2.02. The lowest BCUT2D eigenvalue weighted by Crippen LogP contribution is -1.98. The van der Waals surface area contributed by atoms with Gasteiger partial charge in [-0.05, 0) is 18.1 Å². The van der Waals surface area contributed by atoms with Gasteiger partial charge in [-0.15, -0.1) is 0 Å². The quantitative estimate of drug-likeness (QED) is 0.768. The number of aromatic nitrogens is 3. The third-order valence-corrected chi connectivity index (χ3v) is 2.66. The van der Waals surface area contributed by atoms with Crippen LogP contribution in [0, 0.1) is 6.92 Å². The zero-order chi connectivity index (χ0) is 9.97. The van der Waals surface area contributed by atoms with E-state index in [0.717, 1.165) is 16.7 Å². The number of rotatable bonds is 2. The van der Waals surface area contributed by atoms with Gasteiger partial charge in [0, 0.05) is 23.9 Å². The normalized spacial score (nSPS) is 10.4. The lowest BCUT2D eigenvalue weighted by atomic mass is 10.2. The van der Waals surface area contributed by atoms with E-state index in [1.54, 1.807) is 12.5 Å². The summed E-state index contributed by atoms with van der Waals surface area (Å²) in [5.41, 5.74) is 2.34. The molecular formula is C10H10BrN3. The molecular weight excluding hydrogens is 242 g/mol. The van der Waals surface area contributed by atoms with Crippen LogP contribution in [-0.2, 0) is 5.33 Å². The molecule has 0 atom stereocenters. The molecule has 2 heterocycles. The van der Waals surface area contributed by atoms with Crippen LogP contribution in [0.4, 0.5) is 0 Å². The fourth-order valence-corrected chi connectivity index (χ4v) is 1.66. The van der Waals surface area contributed by atoms with E-state index in [4.69, 9.17) is 0 Å². The molecule has 14 heavy (non-hydrogen) atoms.